The number of nitrogens with one attached hydrogen (secondary N) is 1. The number of carbonyl (C=O) groups excluding carboxylic acids is 2. The van der Waals surface area contributed by atoms with Crippen LogP contribution in [-0.2, 0) is 22.4 Å². The SMILES string of the molecule is C[C@H]1CCc2c(sc(NC(=O)C[C@H]3SC(N)=NC3=O)c2C#N)C1. The normalized spacial score (nSPS) is 23.1. The van der Waals surface area contributed by atoms with Crippen LogP contribution in [0.15, 0.2) is 4.99 Å². The fourth-order valence-corrected chi connectivity index (χ4v) is 5.04. The van der Waals surface area contributed by atoms with Gasteiger partial charge >= 0.3 is 0 Å². The fourth-order valence-electron chi connectivity index (χ4n) is 2.84. The number of nitriles is 1. The number of fused-ring (bicyclic) bond motifs is 1. The number of anilines is 1. The lowest BCUT2D eigenvalue weighted by molar-refractivity contribution is -0.121. The molecule has 0 saturated heterocycles. The number of aliphatic imine (C=N–C) groups is 1. The first-order valence-corrected chi connectivity index (χ1v) is 9.06. The average molecular weight is 348 g/mol. The lowest BCUT2D eigenvalue weighted by Crippen LogP contribution is -2.21. The molecule has 0 unspecified atom stereocenters. The molecule has 0 aromatic carbocycles. The summed E-state index contributed by atoms with van der Waals surface area (Å²) < 4.78 is 0. The topological polar surface area (TPSA) is 108 Å². The van der Waals surface area contributed by atoms with Crippen LogP contribution in [0.1, 0.15) is 35.8 Å². The molecule has 3 rings (SSSR count). The van der Waals surface area contributed by atoms with Crippen LogP contribution in [0, 0.1) is 17.2 Å². The Morgan fingerprint density at radius 1 is 1.57 bits per heavy atom. The Balaban J connectivity index is 1.72. The van der Waals surface area contributed by atoms with Crippen molar-refractivity contribution in [3.63, 3.8) is 0 Å². The maximum atomic E-state index is 12.2. The molecule has 23 heavy (non-hydrogen) atoms. The zero-order valence-electron chi connectivity index (χ0n) is 12.6. The predicted octanol–water partition coefficient (Wildman–Crippen LogP) is 2.03. The lowest BCUT2D eigenvalue weighted by Gasteiger charge is -2.17. The fraction of sp³-hybridized carbons (Fsp3) is 0.467. The number of nitrogens with zero attached hydrogens (tertiary/aromatic N) is 2. The molecule has 0 saturated carbocycles. The number of rotatable bonds is 3. The Morgan fingerprint density at radius 3 is 3.00 bits per heavy atom. The molecule has 2 amide bonds. The molecule has 8 heteroatoms. The zero-order valence-corrected chi connectivity index (χ0v) is 14.2. The van der Waals surface area contributed by atoms with Crippen molar-refractivity contribution in [1.82, 2.24) is 0 Å². The van der Waals surface area contributed by atoms with E-state index in [9.17, 15) is 14.9 Å². The maximum absolute atomic E-state index is 12.2. The van der Waals surface area contributed by atoms with Gasteiger partial charge in [0.25, 0.3) is 5.91 Å². The van der Waals surface area contributed by atoms with Crippen LogP contribution in [-0.4, -0.2) is 22.2 Å². The second-order valence-electron chi connectivity index (χ2n) is 5.81. The highest BCUT2D eigenvalue weighted by atomic mass is 32.2. The summed E-state index contributed by atoms with van der Waals surface area (Å²) >= 11 is 2.58. The van der Waals surface area contributed by atoms with Crippen LogP contribution < -0.4 is 11.1 Å². The Labute approximate surface area is 142 Å². The van der Waals surface area contributed by atoms with Crippen LogP contribution in [0.25, 0.3) is 0 Å². The number of hydrogen-bond acceptors (Lipinski definition) is 6. The minimum atomic E-state index is -0.560. The second-order valence-corrected chi connectivity index (χ2v) is 8.14. The molecule has 0 radical (unpaired) electrons. The molecule has 1 aliphatic heterocycles. The van der Waals surface area contributed by atoms with Gasteiger partial charge in [-0.15, -0.1) is 11.3 Å². The van der Waals surface area contributed by atoms with E-state index in [0.29, 0.717) is 16.5 Å². The van der Waals surface area contributed by atoms with Crippen molar-refractivity contribution in [2.75, 3.05) is 5.32 Å². The van der Waals surface area contributed by atoms with E-state index in [1.807, 2.05) is 0 Å². The number of amidine groups is 1. The molecule has 1 aromatic heterocycles. The number of thioether (sulfide) groups is 1. The van der Waals surface area contributed by atoms with Gasteiger partial charge in [-0.05, 0) is 30.7 Å². The van der Waals surface area contributed by atoms with Crippen molar-refractivity contribution in [1.29, 1.82) is 5.26 Å². The van der Waals surface area contributed by atoms with Crippen LogP contribution in [0.3, 0.4) is 0 Å². The summed E-state index contributed by atoms with van der Waals surface area (Å²) in [5.41, 5.74) is 7.14. The van der Waals surface area contributed by atoms with E-state index in [4.69, 9.17) is 5.73 Å². The predicted molar refractivity (Wildman–Crippen MR) is 91.5 cm³/mol. The van der Waals surface area contributed by atoms with Crippen molar-refractivity contribution in [3.8, 4) is 6.07 Å². The number of amides is 2. The van der Waals surface area contributed by atoms with E-state index < -0.39 is 5.25 Å². The summed E-state index contributed by atoms with van der Waals surface area (Å²) in [5, 5.41) is 12.4. The van der Waals surface area contributed by atoms with Gasteiger partial charge in [0.1, 0.15) is 16.3 Å². The molecular formula is C15H16N4O2S2. The molecule has 0 fully saturated rings. The number of nitrogens with two attached hydrogens (primary N) is 1. The summed E-state index contributed by atoms with van der Waals surface area (Å²) in [5.74, 6) is -0.0600. The Hall–Kier alpha value is -1.85. The second kappa shape index (κ2) is 6.34. The van der Waals surface area contributed by atoms with E-state index in [2.05, 4.69) is 23.3 Å². The third-order valence-electron chi connectivity index (χ3n) is 4.01. The number of hydrogen-bond donors (Lipinski definition) is 2. The summed E-state index contributed by atoms with van der Waals surface area (Å²) in [4.78, 5) is 28.6. The standard InChI is InChI=1S/C15H16N4O2S2/c1-7-2-3-8-9(6-16)14(22-10(8)4-7)18-12(20)5-11-13(21)19-15(17)23-11/h7,11H,2-5H2,1H3,(H,18,20)(H2,17,19,21)/t7-,11+/m0/s1. The van der Waals surface area contributed by atoms with E-state index >= 15 is 0 Å². The summed E-state index contributed by atoms with van der Waals surface area (Å²) in [7, 11) is 0. The average Bonchev–Trinajstić information content (AvgIpc) is 2.97. The van der Waals surface area contributed by atoms with Crippen LogP contribution in [0.5, 0.6) is 0 Å². The quantitative estimate of drug-likeness (QED) is 0.869. The summed E-state index contributed by atoms with van der Waals surface area (Å²) in [6.07, 6.45) is 2.91. The Kier molecular flexibility index (Phi) is 4.41. The van der Waals surface area contributed by atoms with Crippen LogP contribution in [0.4, 0.5) is 5.00 Å². The molecule has 0 spiro atoms. The highest BCUT2D eigenvalue weighted by molar-refractivity contribution is 8.15. The minimum absolute atomic E-state index is 0.0114. The van der Waals surface area contributed by atoms with E-state index in [0.717, 1.165) is 36.6 Å². The van der Waals surface area contributed by atoms with E-state index in [-0.39, 0.29) is 23.4 Å². The molecule has 3 N–H and O–H groups in total. The van der Waals surface area contributed by atoms with Crippen molar-refractivity contribution < 1.29 is 9.59 Å². The molecule has 2 atom stereocenters. The molecule has 0 bridgehead atoms. The first kappa shape index (κ1) is 16.0. The van der Waals surface area contributed by atoms with Gasteiger partial charge in [-0.1, -0.05) is 18.7 Å². The summed E-state index contributed by atoms with van der Waals surface area (Å²) in [6, 6.07) is 2.21. The van der Waals surface area contributed by atoms with Crippen molar-refractivity contribution >= 4 is 45.1 Å². The molecule has 1 aromatic rings. The van der Waals surface area contributed by atoms with Crippen molar-refractivity contribution in [3.05, 3.63) is 16.0 Å². The van der Waals surface area contributed by atoms with Gasteiger partial charge in [-0.2, -0.15) is 10.3 Å². The first-order chi connectivity index (χ1) is 11.0. The molecule has 1 aliphatic carbocycles. The highest BCUT2D eigenvalue weighted by Crippen LogP contribution is 2.39. The smallest absolute Gasteiger partial charge is 0.262 e. The van der Waals surface area contributed by atoms with Crippen LogP contribution in [0.2, 0.25) is 0 Å². The molecule has 120 valence electrons. The molecule has 2 aliphatic rings. The lowest BCUT2D eigenvalue weighted by atomic mass is 9.88. The highest BCUT2D eigenvalue weighted by Gasteiger charge is 2.30. The van der Waals surface area contributed by atoms with Gasteiger partial charge in [0.2, 0.25) is 5.91 Å². The third kappa shape index (κ3) is 3.26. The monoisotopic (exact) mass is 348 g/mol. The van der Waals surface area contributed by atoms with Crippen molar-refractivity contribution in [2.24, 2.45) is 16.6 Å². The molecule has 2 heterocycles. The van der Waals surface area contributed by atoms with Gasteiger partial charge < -0.3 is 11.1 Å². The molecular weight excluding hydrogens is 332 g/mol. The molecule has 6 nitrogen and oxygen atoms in total. The first-order valence-electron chi connectivity index (χ1n) is 7.37. The van der Waals surface area contributed by atoms with Crippen molar-refractivity contribution in [2.45, 2.75) is 37.9 Å². The zero-order chi connectivity index (χ0) is 16.6. The van der Waals surface area contributed by atoms with Gasteiger partial charge in [-0.25, -0.2) is 0 Å². The Bertz CT molecular complexity index is 747. The van der Waals surface area contributed by atoms with E-state index in [1.165, 1.54) is 16.2 Å². The number of carbonyl (C=O) groups is 2. The van der Waals surface area contributed by atoms with Gasteiger partial charge in [0.15, 0.2) is 5.17 Å². The minimum Gasteiger partial charge on any atom is -0.378 e. The van der Waals surface area contributed by atoms with Gasteiger partial charge in [-0.3, -0.25) is 9.59 Å². The van der Waals surface area contributed by atoms with E-state index in [1.54, 1.807) is 0 Å². The largest absolute Gasteiger partial charge is 0.378 e. The van der Waals surface area contributed by atoms with Crippen LogP contribution >= 0.6 is 23.1 Å². The number of thiophene rings is 1. The summed E-state index contributed by atoms with van der Waals surface area (Å²) in [6.45, 7) is 2.19. The third-order valence-corrected chi connectivity index (χ3v) is 6.16. The Morgan fingerprint density at radius 2 is 2.35 bits per heavy atom. The van der Waals surface area contributed by atoms with Gasteiger partial charge in [0, 0.05) is 11.3 Å². The van der Waals surface area contributed by atoms with Gasteiger partial charge in [0.05, 0.1) is 5.56 Å². The maximum Gasteiger partial charge on any atom is 0.262 e.